The van der Waals surface area contributed by atoms with E-state index in [4.69, 9.17) is 15.2 Å². The number of sulfonamides is 1. The molecule has 0 saturated carbocycles. The van der Waals surface area contributed by atoms with Crippen LogP contribution in [0, 0.1) is 11.7 Å². The Hall–Kier alpha value is -4.51. The van der Waals surface area contributed by atoms with Gasteiger partial charge in [0.05, 0.1) is 12.3 Å². The molecule has 0 bridgehead atoms. The number of pyridine rings is 2. The van der Waals surface area contributed by atoms with Crippen LogP contribution in [0.2, 0.25) is 0 Å². The highest BCUT2D eigenvalue weighted by Gasteiger charge is 2.25. The molecular formula is C30H31FN4O5S. The van der Waals surface area contributed by atoms with Crippen molar-refractivity contribution in [3.8, 4) is 22.9 Å². The number of anilines is 1. The average Bonchev–Trinajstić information content (AvgIpc) is 2.92. The molecular weight excluding hydrogens is 547 g/mol. The smallest absolute Gasteiger partial charge is 0.281 e. The summed E-state index contributed by atoms with van der Waals surface area (Å²) in [5.74, 6) is -1.06. The molecule has 214 valence electrons. The molecule has 0 aliphatic rings. The lowest BCUT2D eigenvalue weighted by molar-refractivity contribution is 0.0973. The summed E-state index contributed by atoms with van der Waals surface area (Å²) in [5.41, 5.74) is 7.18. The molecule has 0 fully saturated rings. The molecule has 2 aromatic heterocycles. The Kier molecular flexibility index (Phi) is 9.18. The van der Waals surface area contributed by atoms with Crippen molar-refractivity contribution in [2.45, 2.75) is 38.3 Å². The van der Waals surface area contributed by atoms with Crippen molar-refractivity contribution in [2.24, 2.45) is 5.92 Å². The average molecular weight is 579 g/mol. The lowest BCUT2D eigenvalue weighted by Crippen LogP contribution is -2.32. The van der Waals surface area contributed by atoms with Crippen LogP contribution < -0.4 is 19.9 Å². The van der Waals surface area contributed by atoms with Crippen LogP contribution in [0.25, 0.3) is 11.3 Å². The molecule has 1 atom stereocenters. The van der Waals surface area contributed by atoms with Gasteiger partial charge in [0.15, 0.2) is 5.03 Å². The Labute approximate surface area is 238 Å². The van der Waals surface area contributed by atoms with Gasteiger partial charge in [-0.05, 0) is 54.8 Å². The van der Waals surface area contributed by atoms with Gasteiger partial charge < -0.3 is 15.2 Å². The molecule has 4 aromatic rings. The summed E-state index contributed by atoms with van der Waals surface area (Å²) in [7, 11) is -4.35. The van der Waals surface area contributed by atoms with Crippen molar-refractivity contribution in [1.29, 1.82) is 0 Å². The standard InChI is InChI=1S/C30H31FN4O5S/c1-19(2)18-39-24-16-22(15-23(31)17-24)26-13-12-25(29(36)35-41(37,38)28-11-7-10-27(32)34-28)30(33-26)40-20(3)14-21-8-5-4-6-9-21/h4-13,15-17,19-20H,14,18H2,1-3H3,(H2,32,34)(H,35,36). The maximum absolute atomic E-state index is 14.5. The molecule has 0 radical (unpaired) electrons. The van der Waals surface area contributed by atoms with Crippen molar-refractivity contribution < 1.29 is 27.1 Å². The SMILES string of the molecule is CC(C)COc1cc(F)cc(-c2ccc(C(=O)NS(=O)(=O)c3cccc(N)n3)c(OC(C)Cc3ccccc3)n2)c1. The number of halogens is 1. The number of nitrogens with one attached hydrogen (secondary N) is 1. The Morgan fingerprint density at radius 2 is 1.73 bits per heavy atom. The summed E-state index contributed by atoms with van der Waals surface area (Å²) in [6.45, 7) is 6.16. The minimum atomic E-state index is -4.35. The van der Waals surface area contributed by atoms with Crippen molar-refractivity contribution in [3.63, 3.8) is 0 Å². The van der Waals surface area contributed by atoms with Crippen molar-refractivity contribution in [2.75, 3.05) is 12.3 Å². The summed E-state index contributed by atoms with van der Waals surface area (Å²) >= 11 is 0. The zero-order chi connectivity index (χ0) is 29.6. The molecule has 2 heterocycles. The molecule has 0 saturated heterocycles. The lowest BCUT2D eigenvalue weighted by Gasteiger charge is -2.18. The molecule has 9 nitrogen and oxygen atoms in total. The van der Waals surface area contributed by atoms with Gasteiger partial charge in [-0.1, -0.05) is 50.2 Å². The number of carbonyl (C=O) groups excluding carboxylic acids is 1. The quantitative estimate of drug-likeness (QED) is 0.253. The molecule has 11 heteroatoms. The first-order chi connectivity index (χ1) is 19.5. The molecule has 0 aliphatic carbocycles. The van der Waals surface area contributed by atoms with E-state index in [-0.39, 0.29) is 23.2 Å². The summed E-state index contributed by atoms with van der Waals surface area (Å²) in [5, 5.41) is -0.413. The summed E-state index contributed by atoms with van der Waals surface area (Å²) in [4.78, 5) is 21.5. The van der Waals surface area contributed by atoms with Crippen molar-refractivity contribution >= 4 is 21.7 Å². The number of carbonyl (C=O) groups is 1. The number of benzene rings is 2. The number of nitrogen functional groups attached to an aromatic ring is 1. The van der Waals surface area contributed by atoms with Gasteiger partial charge in [-0.3, -0.25) is 4.79 Å². The second kappa shape index (κ2) is 12.8. The Bertz CT molecular complexity index is 1630. The second-order valence-electron chi connectivity index (χ2n) is 9.88. The minimum absolute atomic E-state index is 0.0167. The molecule has 0 aliphatic heterocycles. The maximum Gasteiger partial charge on any atom is 0.281 e. The predicted molar refractivity (Wildman–Crippen MR) is 154 cm³/mol. The Morgan fingerprint density at radius 3 is 2.44 bits per heavy atom. The fourth-order valence-electron chi connectivity index (χ4n) is 3.91. The first-order valence-electron chi connectivity index (χ1n) is 12.9. The third-order valence-corrected chi connectivity index (χ3v) is 7.01. The fourth-order valence-corrected chi connectivity index (χ4v) is 4.85. The maximum atomic E-state index is 14.5. The predicted octanol–water partition coefficient (Wildman–Crippen LogP) is 5.03. The Balaban J connectivity index is 1.68. The Morgan fingerprint density at radius 1 is 0.976 bits per heavy atom. The number of ether oxygens (including phenoxy) is 2. The van der Waals surface area contributed by atoms with Gasteiger partial charge in [-0.25, -0.2) is 19.1 Å². The topological polar surface area (TPSA) is 134 Å². The van der Waals surface area contributed by atoms with E-state index >= 15 is 0 Å². The summed E-state index contributed by atoms with van der Waals surface area (Å²) in [6, 6.07) is 20.7. The number of hydrogen-bond donors (Lipinski definition) is 2. The third-order valence-electron chi connectivity index (χ3n) is 5.78. The van der Waals surface area contributed by atoms with Gasteiger partial charge in [0, 0.05) is 18.1 Å². The van der Waals surface area contributed by atoms with Crippen LogP contribution in [0.4, 0.5) is 10.2 Å². The van der Waals surface area contributed by atoms with Gasteiger partial charge in [0.1, 0.15) is 29.1 Å². The van der Waals surface area contributed by atoms with Crippen LogP contribution in [0.3, 0.4) is 0 Å². The fraction of sp³-hybridized carbons (Fsp3) is 0.233. The van der Waals surface area contributed by atoms with E-state index < -0.39 is 32.9 Å². The van der Waals surface area contributed by atoms with E-state index in [0.717, 1.165) is 5.56 Å². The highest BCUT2D eigenvalue weighted by atomic mass is 32.2. The minimum Gasteiger partial charge on any atom is -0.493 e. The summed E-state index contributed by atoms with van der Waals surface area (Å²) < 4.78 is 54.0. The molecule has 1 amide bonds. The highest BCUT2D eigenvalue weighted by Crippen LogP contribution is 2.29. The molecule has 4 rings (SSSR count). The number of aromatic nitrogens is 2. The number of hydrogen-bond acceptors (Lipinski definition) is 8. The first-order valence-corrected chi connectivity index (χ1v) is 14.4. The third kappa shape index (κ3) is 8.01. The number of amides is 1. The van der Waals surface area contributed by atoms with Crippen LogP contribution in [-0.2, 0) is 16.4 Å². The molecule has 3 N–H and O–H groups in total. The first kappa shape index (κ1) is 29.5. The monoisotopic (exact) mass is 578 g/mol. The van der Waals surface area contributed by atoms with Crippen LogP contribution in [0.5, 0.6) is 11.6 Å². The van der Waals surface area contributed by atoms with Gasteiger partial charge in [0.2, 0.25) is 5.88 Å². The highest BCUT2D eigenvalue weighted by molar-refractivity contribution is 7.90. The van der Waals surface area contributed by atoms with E-state index in [0.29, 0.717) is 30.0 Å². The van der Waals surface area contributed by atoms with Gasteiger partial charge >= 0.3 is 0 Å². The van der Waals surface area contributed by atoms with E-state index in [2.05, 4.69) is 9.97 Å². The normalized spacial score (nSPS) is 12.1. The molecule has 0 spiro atoms. The number of nitrogens with two attached hydrogens (primary N) is 1. The van der Waals surface area contributed by atoms with Gasteiger partial charge in [-0.15, -0.1) is 0 Å². The second-order valence-corrected chi connectivity index (χ2v) is 11.5. The van der Waals surface area contributed by atoms with Gasteiger partial charge in [0.25, 0.3) is 15.9 Å². The molecule has 41 heavy (non-hydrogen) atoms. The zero-order valence-corrected chi connectivity index (χ0v) is 23.7. The summed E-state index contributed by atoms with van der Waals surface area (Å²) in [6.07, 6.45) is 0.0447. The van der Waals surface area contributed by atoms with E-state index in [1.54, 1.807) is 13.0 Å². The van der Waals surface area contributed by atoms with Gasteiger partial charge in [-0.2, -0.15) is 8.42 Å². The van der Waals surface area contributed by atoms with Crippen molar-refractivity contribution in [1.82, 2.24) is 14.7 Å². The number of nitrogens with zero attached hydrogens (tertiary/aromatic N) is 2. The lowest BCUT2D eigenvalue weighted by atomic mass is 10.1. The van der Waals surface area contributed by atoms with Crippen molar-refractivity contribution in [3.05, 3.63) is 95.8 Å². The van der Waals surface area contributed by atoms with E-state index in [1.807, 2.05) is 48.9 Å². The van der Waals surface area contributed by atoms with Crippen LogP contribution in [0.1, 0.15) is 36.7 Å². The van der Waals surface area contributed by atoms with E-state index in [9.17, 15) is 17.6 Å². The van der Waals surface area contributed by atoms with Crippen LogP contribution in [0.15, 0.2) is 83.9 Å². The zero-order valence-electron chi connectivity index (χ0n) is 22.9. The van der Waals surface area contributed by atoms with Crippen LogP contribution >= 0.6 is 0 Å². The largest absolute Gasteiger partial charge is 0.493 e. The molecule has 1 unspecified atom stereocenters. The number of rotatable bonds is 11. The molecule has 2 aromatic carbocycles. The van der Waals surface area contributed by atoms with E-state index in [1.165, 1.54) is 42.5 Å². The van der Waals surface area contributed by atoms with Crippen LogP contribution in [-0.4, -0.2) is 37.0 Å².